The molecule has 0 spiro atoms. The van der Waals surface area contributed by atoms with Crippen LogP contribution < -0.4 is 0 Å². The number of alkyl halides is 3. The molecule has 1 N–H and O–H groups in total. The third kappa shape index (κ3) is 2.77. The Balaban J connectivity index is 1.66. The van der Waals surface area contributed by atoms with Gasteiger partial charge in [0.2, 0.25) is 0 Å². The molecular formula is C18H13F3N6O2. The van der Waals surface area contributed by atoms with E-state index in [9.17, 15) is 18.0 Å². The summed E-state index contributed by atoms with van der Waals surface area (Å²) in [6.07, 6.45) is 1.55. The molecule has 4 aromatic heterocycles. The van der Waals surface area contributed by atoms with Crippen LogP contribution in [0.15, 0.2) is 47.6 Å². The maximum atomic E-state index is 13.4. The summed E-state index contributed by atoms with van der Waals surface area (Å²) in [7, 11) is 0. The Morgan fingerprint density at radius 1 is 1.31 bits per heavy atom. The molecule has 1 aliphatic heterocycles. The molecule has 0 saturated heterocycles. The fourth-order valence-electron chi connectivity index (χ4n) is 3.65. The number of imidazole rings is 1. The molecule has 0 aromatic carbocycles. The summed E-state index contributed by atoms with van der Waals surface area (Å²) >= 11 is 0. The number of nitrogens with one attached hydrogen (secondary N) is 1. The summed E-state index contributed by atoms with van der Waals surface area (Å²) < 4.78 is 46.5. The number of nitrogens with zero attached hydrogens (tertiary/aromatic N) is 5. The Morgan fingerprint density at radius 2 is 2.17 bits per heavy atom. The predicted octanol–water partition coefficient (Wildman–Crippen LogP) is 2.85. The largest absolute Gasteiger partial charge is 0.441 e. The van der Waals surface area contributed by atoms with Gasteiger partial charge < -0.3 is 14.3 Å². The summed E-state index contributed by atoms with van der Waals surface area (Å²) in [5.74, 6) is -0.588. The van der Waals surface area contributed by atoms with Crippen LogP contribution in [0.2, 0.25) is 0 Å². The van der Waals surface area contributed by atoms with Crippen LogP contribution in [0, 0.1) is 0 Å². The molecule has 1 amide bonds. The second-order valence-electron chi connectivity index (χ2n) is 6.57. The molecule has 1 aliphatic rings. The third-order valence-corrected chi connectivity index (χ3v) is 4.91. The highest BCUT2D eigenvalue weighted by Crippen LogP contribution is 2.37. The van der Waals surface area contributed by atoms with Gasteiger partial charge in [0.1, 0.15) is 12.3 Å². The molecule has 0 aliphatic carbocycles. The minimum absolute atomic E-state index is 0.0961. The molecular weight excluding hydrogens is 389 g/mol. The quantitative estimate of drug-likeness (QED) is 0.557. The van der Waals surface area contributed by atoms with Crippen LogP contribution in [0.25, 0.3) is 5.52 Å². The van der Waals surface area contributed by atoms with E-state index in [0.29, 0.717) is 18.7 Å². The zero-order valence-electron chi connectivity index (χ0n) is 14.7. The van der Waals surface area contributed by atoms with Gasteiger partial charge in [0.15, 0.2) is 0 Å². The lowest BCUT2D eigenvalue weighted by molar-refractivity contribution is -0.136. The van der Waals surface area contributed by atoms with Gasteiger partial charge in [-0.3, -0.25) is 4.79 Å². The normalized spacial score (nSPS) is 16.9. The predicted molar refractivity (Wildman–Crippen MR) is 91.9 cm³/mol. The van der Waals surface area contributed by atoms with Crippen LogP contribution in [0.5, 0.6) is 0 Å². The first-order chi connectivity index (χ1) is 13.9. The van der Waals surface area contributed by atoms with E-state index >= 15 is 0 Å². The Labute approximate surface area is 161 Å². The Morgan fingerprint density at radius 3 is 2.93 bits per heavy atom. The Hall–Kier alpha value is -3.63. The van der Waals surface area contributed by atoms with Crippen LogP contribution in [0.1, 0.15) is 39.4 Å². The molecule has 1 unspecified atom stereocenters. The van der Waals surface area contributed by atoms with Crippen molar-refractivity contribution in [1.29, 1.82) is 0 Å². The molecule has 0 radical (unpaired) electrons. The highest BCUT2D eigenvalue weighted by atomic mass is 19.4. The molecule has 0 bridgehead atoms. The van der Waals surface area contributed by atoms with E-state index in [0.717, 1.165) is 16.3 Å². The van der Waals surface area contributed by atoms with E-state index in [-0.39, 0.29) is 17.1 Å². The summed E-state index contributed by atoms with van der Waals surface area (Å²) in [4.78, 5) is 25.6. The standard InChI is InChI=1S/C18H13F3N6O2/c19-18(20,21)10-2-1-5-27-13(10)8-12(25-27)15-14-11(23-9-24-14)3-6-26(15)17(28)16-22-4-7-29-16/h1-2,4-5,7-9,15H,3,6H2,(H,23,24). The lowest BCUT2D eigenvalue weighted by Crippen LogP contribution is -2.41. The number of rotatable bonds is 2. The second-order valence-corrected chi connectivity index (χ2v) is 6.57. The van der Waals surface area contributed by atoms with Crippen molar-refractivity contribution >= 4 is 11.4 Å². The second kappa shape index (κ2) is 6.19. The maximum Gasteiger partial charge on any atom is 0.418 e. The minimum atomic E-state index is -4.53. The average molecular weight is 402 g/mol. The molecule has 8 nitrogen and oxygen atoms in total. The van der Waals surface area contributed by atoms with Crippen LogP contribution in [-0.4, -0.2) is 41.9 Å². The maximum absolute atomic E-state index is 13.4. The van der Waals surface area contributed by atoms with Gasteiger partial charge >= 0.3 is 12.1 Å². The van der Waals surface area contributed by atoms with Gasteiger partial charge in [0.25, 0.3) is 5.89 Å². The monoisotopic (exact) mass is 402 g/mol. The number of hydrogen-bond donors (Lipinski definition) is 1. The fourth-order valence-corrected chi connectivity index (χ4v) is 3.65. The Bertz CT molecular complexity index is 1190. The molecule has 4 aromatic rings. The van der Waals surface area contributed by atoms with E-state index in [4.69, 9.17) is 4.42 Å². The number of carbonyl (C=O) groups is 1. The first-order valence-corrected chi connectivity index (χ1v) is 8.71. The van der Waals surface area contributed by atoms with Gasteiger partial charge in [-0.2, -0.15) is 18.3 Å². The van der Waals surface area contributed by atoms with Crippen molar-refractivity contribution in [2.24, 2.45) is 0 Å². The number of halogens is 3. The van der Waals surface area contributed by atoms with Gasteiger partial charge in [-0.05, 0) is 18.2 Å². The first-order valence-electron chi connectivity index (χ1n) is 8.71. The molecule has 148 valence electrons. The van der Waals surface area contributed by atoms with Crippen LogP contribution in [0.3, 0.4) is 0 Å². The summed E-state index contributed by atoms with van der Waals surface area (Å²) in [6, 6.07) is 2.85. The van der Waals surface area contributed by atoms with Gasteiger partial charge in [-0.15, -0.1) is 0 Å². The lowest BCUT2D eigenvalue weighted by Gasteiger charge is -2.32. The minimum Gasteiger partial charge on any atom is -0.441 e. The van der Waals surface area contributed by atoms with Crippen molar-refractivity contribution in [2.75, 3.05) is 6.54 Å². The highest BCUT2D eigenvalue weighted by molar-refractivity contribution is 5.90. The number of fused-ring (bicyclic) bond motifs is 2. The van der Waals surface area contributed by atoms with Crippen molar-refractivity contribution in [3.63, 3.8) is 0 Å². The van der Waals surface area contributed by atoms with Crippen molar-refractivity contribution in [1.82, 2.24) is 29.5 Å². The molecule has 29 heavy (non-hydrogen) atoms. The number of pyridine rings is 1. The lowest BCUT2D eigenvalue weighted by atomic mass is 9.99. The molecule has 11 heteroatoms. The number of oxazole rings is 1. The van der Waals surface area contributed by atoms with Gasteiger partial charge in [-0.1, -0.05) is 0 Å². The van der Waals surface area contributed by atoms with Gasteiger partial charge in [-0.25, -0.2) is 14.5 Å². The van der Waals surface area contributed by atoms with Crippen LogP contribution in [-0.2, 0) is 12.6 Å². The van der Waals surface area contributed by atoms with Crippen LogP contribution >= 0.6 is 0 Å². The number of carbonyl (C=O) groups excluding carboxylic acids is 1. The molecule has 1 atom stereocenters. The topological polar surface area (TPSA) is 92.3 Å². The van der Waals surface area contributed by atoms with E-state index in [2.05, 4.69) is 20.1 Å². The first kappa shape index (κ1) is 17.5. The average Bonchev–Trinajstić information content (AvgIpc) is 3.45. The number of aromatic nitrogens is 5. The summed E-state index contributed by atoms with van der Waals surface area (Å²) in [5, 5.41) is 4.32. The summed E-state index contributed by atoms with van der Waals surface area (Å²) in [6.45, 7) is 0.307. The van der Waals surface area contributed by atoms with E-state index in [1.807, 2.05) is 0 Å². The zero-order valence-corrected chi connectivity index (χ0v) is 14.7. The number of aromatic amines is 1. The number of H-pyrrole nitrogens is 1. The number of hydrogen-bond acceptors (Lipinski definition) is 5. The fraction of sp³-hybridized carbons (Fsp3) is 0.222. The smallest absolute Gasteiger partial charge is 0.418 e. The van der Waals surface area contributed by atoms with E-state index < -0.39 is 23.7 Å². The van der Waals surface area contributed by atoms with Crippen LogP contribution in [0.4, 0.5) is 13.2 Å². The van der Waals surface area contributed by atoms with Gasteiger partial charge in [0, 0.05) is 24.9 Å². The number of amides is 1. The molecule has 5 heterocycles. The SMILES string of the molecule is O=C(c1ncco1)N1CCc2[nH]cnc2C1c1cc2c(C(F)(F)F)cccn2n1. The van der Waals surface area contributed by atoms with E-state index in [1.165, 1.54) is 42.0 Å². The zero-order chi connectivity index (χ0) is 20.2. The van der Waals surface area contributed by atoms with Crippen molar-refractivity contribution in [3.05, 3.63) is 71.7 Å². The molecule has 0 saturated carbocycles. The highest BCUT2D eigenvalue weighted by Gasteiger charge is 2.39. The van der Waals surface area contributed by atoms with Crippen molar-refractivity contribution < 1.29 is 22.4 Å². The molecule has 0 fully saturated rings. The summed E-state index contributed by atoms with van der Waals surface area (Å²) in [5.41, 5.74) is 0.714. The van der Waals surface area contributed by atoms with Crippen molar-refractivity contribution in [3.8, 4) is 0 Å². The third-order valence-electron chi connectivity index (χ3n) is 4.91. The van der Waals surface area contributed by atoms with Gasteiger partial charge in [0.05, 0.1) is 35.0 Å². The van der Waals surface area contributed by atoms with E-state index in [1.54, 1.807) is 0 Å². The molecule has 5 rings (SSSR count). The Kier molecular flexibility index (Phi) is 3.73. The van der Waals surface area contributed by atoms with Crippen molar-refractivity contribution in [2.45, 2.75) is 18.6 Å².